The molecule has 3 aromatic heterocycles. The number of aromatic nitrogens is 4. The van der Waals surface area contributed by atoms with E-state index < -0.39 is 0 Å². The van der Waals surface area contributed by atoms with Crippen LogP contribution >= 0.6 is 41.3 Å². The van der Waals surface area contributed by atoms with Gasteiger partial charge in [-0.15, -0.1) is 18.5 Å². The second-order valence-electron chi connectivity index (χ2n) is 10.9. The summed E-state index contributed by atoms with van der Waals surface area (Å²) in [6.07, 6.45) is 7.02. The van der Waals surface area contributed by atoms with Gasteiger partial charge in [-0.05, 0) is 52.9 Å². The standard InChI is InChI=1S/C32H36IN5P2/c1-5-20-8-7-9-21(6-2)29(20)38-30(23-10-11-27(39)31-24(23)12-15-37(31)33)25-18-36(14-13-26(25)35-38)32-28(40)16-22(17-34-32)19(3)4/h7-12,15-17,19H,5-6,13-14,18,39-40H2,1-4H3. The lowest BCUT2D eigenvalue weighted by Gasteiger charge is -2.29. The van der Waals surface area contributed by atoms with E-state index in [1.165, 1.54) is 61.1 Å². The summed E-state index contributed by atoms with van der Waals surface area (Å²) >= 11 is 2.38. The molecule has 0 amide bonds. The van der Waals surface area contributed by atoms with Crippen molar-refractivity contribution < 1.29 is 0 Å². The smallest absolute Gasteiger partial charge is 0.136 e. The Morgan fingerprint density at radius 3 is 2.42 bits per heavy atom. The average molecular weight is 680 g/mol. The van der Waals surface area contributed by atoms with E-state index in [0.29, 0.717) is 5.92 Å². The minimum absolute atomic E-state index is 0.456. The van der Waals surface area contributed by atoms with Gasteiger partial charge in [0.05, 0.1) is 45.5 Å². The first-order valence-electron chi connectivity index (χ1n) is 14.1. The van der Waals surface area contributed by atoms with E-state index in [2.05, 4.69) is 130 Å². The molecule has 0 fully saturated rings. The SMILES string of the molecule is CCc1cccc(CC)c1-n1nc2c(c1-c1ccc(P)c3c1ccn3I)CN(c1ncc(C(C)C)cc1P)CC2. The minimum Gasteiger partial charge on any atom is -0.351 e. The summed E-state index contributed by atoms with van der Waals surface area (Å²) in [4.78, 5) is 7.39. The summed E-state index contributed by atoms with van der Waals surface area (Å²) in [5.41, 5.74) is 11.3. The third-order valence-electron chi connectivity index (χ3n) is 8.18. The van der Waals surface area contributed by atoms with Gasteiger partial charge in [0.2, 0.25) is 0 Å². The third-order valence-corrected chi connectivity index (χ3v) is 9.88. The molecular weight excluding hydrogens is 643 g/mol. The zero-order chi connectivity index (χ0) is 28.1. The van der Waals surface area contributed by atoms with Gasteiger partial charge in [0.25, 0.3) is 0 Å². The highest BCUT2D eigenvalue weighted by atomic mass is 127. The molecule has 2 atom stereocenters. The van der Waals surface area contributed by atoms with Crippen LogP contribution < -0.4 is 15.5 Å². The van der Waals surface area contributed by atoms with Crippen molar-refractivity contribution in [2.75, 3.05) is 11.4 Å². The van der Waals surface area contributed by atoms with Crippen LogP contribution in [0.3, 0.4) is 0 Å². The number of benzene rings is 2. The number of para-hydroxylation sites is 1. The molecule has 2 unspecified atom stereocenters. The summed E-state index contributed by atoms with van der Waals surface area (Å²) in [5, 5.41) is 9.00. The monoisotopic (exact) mass is 679 g/mol. The second kappa shape index (κ2) is 11.2. The molecule has 0 bridgehead atoms. The first-order valence-corrected chi connectivity index (χ1v) is 16.2. The van der Waals surface area contributed by atoms with E-state index in [-0.39, 0.29) is 0 Å². The van der Waals surface area contributed by atoms with Crippen molar-refractivity contribution in [2.24, 2.45) is 0 Å². The maximum atomic E-state index is 5.39. The fraction of sp³-hybridized carbons (Fsp3) is 0.312. The fourth-order valence-corrected chi connectivity index (χ4v) is 7.81. The Kier molecular flexibility index (Phi) is 7.80. The van der Waals surface area contributed by atoms with Gasteiger partial charge < -0.3 is 4.90 Å². The van der Waals surface area contributed by atoms with E-state index in [4.69, 9.17) is 10.1 Å². The molecular formula is C32H36IN5P2. The Balaban J connectivity index is 1.59. The highest BCUT2D eigenvalue weighted by molar-refractivity contribution is 14.1. The average Bonchev–Trinajstić information content (AvgIpc) is 3.53. The predicted octanol–water partition coefficient (Wildman–Crippen LogP) is 6.90. The van der Waals surface area contributed by atoms with Gasteiger partial charge in [0, 0.05) is 53.7 Å². The molecule has 40 heavy (non-hydrogen) atoms. The number of fused-ring (bicyclic) bond motifs is 2. The zero-order valence-electron chi connectivity index (χ0n) is 23.6. The van der Waals surface area contributed by atoms with Crippen LogP contribution in [0.4, 0.5) is 5.82 Å². The van der Waals surface area contributed by atoms with Gasteiger partial charge in [-0.1, -0.05) is 58.0 Å². The van der Waals surface area contributed by atoms with Crippen molar-refractivity contribution in [1.29, 1.82) is 0 Å². The van der Waals surface area contributed by atoms with Crippen LogP contribution in [0, 0.1) is 0 Å². The van der Waals surface area contributed by atoms with Crippen LogP contribution in [-0.4, -0.2) is 24.1 Å². The van der Waals surface area contributed by atoms with Crippen LogP contribution in [0.1, 0.15) is 61.6 Å². The van der Waals surface area contributed by atoms with Gasteiger partial charge >= 0.3 is 0 Å². The molecule has 4 heterocycles. The molecule has 8 heteroatoms. The van der Waals surface area contributed by atoms with Crippen LogP contribution in [0.15, 0.2) is 54.9 Å². The Morgan fingerprint density at radius 2 is 1.75 bits per heavy atom. The lowest BCUT2D eigenvalue weighted by molar-refractivity contribution is 0.706. The fourth-order valence-electron chi connectivity index (χ4n) is 6.00. The number of aryl methyl sites for hydroxylation is 2. The topological polar surface area (TPSA) is 38.9 Å². The minimum atomic E-state index is 0.456. The predicted molar refractivity (Wildman–Crippen MR) is 184 cm³/mol. The van der Waals surface area contributed by atoms with E-state index in [0.717, 1.165) is 43.5 Å². The summed E-state index contributed by atoms with van der Waals surface area (Å²) in [6, 6.07) is 15.7. The quantitative estimate of drug-likeness (QED) is 0.145. The molecule has 1 aliphatic rings. The molecule has 0 aliphatic carbocycles. The van der Waals surface area contributed by atoms with E-state index >= 15 is 0 Å². The number of anilines is 1. The highest BCUT2D eigenvalue weighted by Crippen LogP contribution is 2.39. The van der Waals surface area contributed by atoms with Crippen molar-refractivity contribution in [1.82, 2.24) is 17.5 Å². The number of hydrogen-bond donors (Lipinski definition) is 0. The number of hydrogen-bond acceptors (Lipinski definition) is 3. The van der Waals surface area contributed by atoms with Gasteiger partial charge in [-0.2, -0.15) is 5.10 Å². The molecule has 0 spiro atoms. The van der Waals surface area contributed by atoms with Crippen molar-refractivity contribution >= 4 is 68.7 Å². The summed E-state index contributed by atoms with van der Waals surface area (Å²) in [7, 11) is 5.84. The summed E-state index contributed by atoms with van der Waals surface area (Å²) in [6.45, 7) is 10.6. The van der Waals surface area contributed by atoms with Crippen molar-refractivity contribution in [3.63, 3.8) is 0 Å². The molecule has 5 aromatic rings. The van der Waals surface area contributed by atoms with Crippen LogP contribution in [-0.2, 0) is 25.8 Å². The summed E-state index contributed by atoms with van der Waals surface area (Å²) in [5.74, 6) is 1.50. The number of nitrogens with zero attached hydrogens (tertiary/aromatic N) is 5. The molecule has 6 rings (SSSR count). The maximum Gasteiger partial charge on any atom is 0.136 e. The van der Waals surface area contributed by atoms with Crippen LogP contribution in [0.25, 0.3) is 27.8 Å². The van der Waals surface area contributed by atoms with Crippen molar-refractivity contribution in [3.05, 3.63) is 82.8 Å². The van der Waals surface area contributed by atoms with Crippen LogP contribution in [0.5, 0.6) is 0 Å². The number of rotatable bonds is 6. The Labute approximate surface area is 255 Å². The van der Waals surface area contributed by atoms with Crippen molar-refractivity contribution in [2.45, 2.75) is 59.4 Å². The lowest BCUT2D eigenvalue weighted by atomic mass is 9.97. The third kappa shape index (κ3) is 4.70. The normalized spacial score (nSPS) is 13.4. The molecule has 0 saturated carbocycles. The Hall–Kier alpha value is -2.27. The molecule has 0 saturated heterocycles. The molecule has 206 valence electrons. The van der Waals surface area contributed by atoms with Crippen LogP contribution in [0.2, 0.25) is 0 Å². The molecule has 1 aliphatic heterocycles. The molecule has 2 aromatic carbocycles. The largest absolute Gasteiger partial charge is 0.351 e. The van der Waals surface area contributed by atoms with Gasteiger partial charge in [-0.25, -0.2) is 9.67 Å². The molecule has 5 nitrogen and oxygen atoms in total. The number of halogens is 1. The van der Waals surface area contributed by atoms with Gasteiger partial charge in [-0.3, -0.25) is 2.78 Å². The first kappa shape index (κ1) is 27.9. The highest BCUT2D eigenvalue weighted by Gasteiger charge is 2.30. The Morgan fingerprint density at radius 1 is 1.00 bits per heavy atom. The number of pyridine rings is 1. The van der Waals surface area contributed by atoms with E-state index in [9.17, 15) is 0 Å². The first-order chi connectivity index (χ1) is 19.3. The van der Waals surface area contributed by atoms with Crippen molar-refractivity contribution in [3.8, 4) is 16.9 Å². The van der Waals surface area contributed by atoms with E-state index in [1.54, 1.807) is 0 Å². The molecule has 0 radical (unpaired) electrons. The van der Waals surface area contributed by atoms with Gasteiger partial charge in [0.15, 0.2) is 0 Å². The summed E-state index contributed by atoms with van der Waals surface area (Å²) < 4.78 is 4.47. The second-order valence-corrected chi connectivity index (χ2v) is 13.2. The lowest BCUT2D eigenvalue weighted by Crippen LogP contribution is -2.33. The molecule has 0 N–H and O–H groups in total. The van der Waals surface area contributed by atoms with E-state index in [1.807, 2.05) is 6.20 Å². The Bertz CT molecular complexity index is 1710. The maximum absolute atomic E-state index is 5.39. The zero-order valence-corrected chi connectivity index (χ0v) is 28.0. The van der Waals surface area contributed by atoms with Gasteiger partial charge in [0.1, 0.15) is 5.82 Å².